The van der Waals surface area contributed by atoms with E-state index < -0.39 is 0 Å². The van der Waals surface area contributed by atoms with Crippen molar-refractivity contribution in [3.05, 3.63) is 42.0 Å². The summed E-state index contributed by atoms with van der Waals surface area (Å²) < 4.78 is 18.6. The standard InChI is InChI=1S/C22H28FN3O2/c23-19-7-5-17(6-8-19)21-24-20(16-28-21)15-25-13-9-18(10-14-25)22(27)26-11-3-1-2-4-12-26/h5-8,16,18H,1-4,9-15H2. The Morgan fingerprint density at radius 2 is 1.71 bits per heavy atom. The molecule has 1 aromatic carbocycles. The minimum Gasteiger partial charge on any atom is -0.444 e. The molecule has 6 heteroatoms. The summed E-state index contributed by atoms with van der Waals surface area (Å²) in [5.74, 6) is 0.775. The van der Waals surface area contributed by atoms with Crippen LogP contribution in [-0.2, 0) is 11.3 Å². The normalized spacial score (nSPS) is 19.5. The molecule has 2 fully saturated rings. The Morgan fingerprint density at radius 3 is 2.39 bits per heavy atom. The molecule has 2 saturated heterocycles. The average Bonchev–Trinajstić information content (AvgIpc) is 3.01. The molecule has 2 aromatic rings. The van der Waals surface area contributed by atoms with Gasteiger partial charge in [-0.2, -0.15) is 0 Å². The molecule has 0 radical (unpaired) electrons. The van der Waals surface area contributed by atoms with E-state index >= 15 is 0 Å². The van der Waals surface area contributed by atoms with Crippen molar-refractivity contribution in [2.45, 2.75) is 45.1 Å². The van der Waals surface area contributed by atoms with Gasteiger partial charge in [0, 0.05) is 31.1 Å². The number of nitrogens with zero attached hydrogens (tertiary/aromatic N) is 3. The van der Waals surface area contributed by atoms with Crippen molar-refractivity contribution < 1.29 is 13.6 Å². The van der Waals surface area contributed by atoms with Gasteiger partial charge in [-0.05, 0) is 63.0 Å². The van der Waals surface area contributed by atoms with Crippen LogP contribution in [0.25, 0.3) is 11.5 Å². The van der Waals surface area contributed by atoms with E-state index in [4.69, 9.17) is 4.42 Å². The summed E-state index contributed by atoms with van der Waals surface area (Å²) in [5.41, 5.74) is 1.64. The van der Waals surface area contributed by atoms with Crippen LogP contribution in [0.5, 0.6) is 0 Å². The first-order valence-corrected chi connectivity index (χ1v) is 10.4. The van der Waals surface area contributed by atoms with Crippen LogP contribution >= 0.6 is 0 Å². The lowest BCUT2D eigenvalue weighted by atomic mass is 9.95. The summed E-state index contributed by atoms with van der Waals surface area (Å²) in [6.45, 7) is 4.40. The molecule has 5 nitrogen and oxygen atoms in total. The highest BCUT2D eigenvalue weighted by atomic mass is 19.1. The summed E-state index contributed by atoms with van der Waals surface area (Å²) in [7, 11) is 0. The smallest absolute Gasteiger partial charge is 0.226 e. The Labute approximate surface area is 165 Å². The number of hydrogen-bond donors (Lipinski definition) is 0. The van der Waals surface area contributed by atoms with E-state index in [-0.39, 0.29) is 11.7 Å². The first kappa shape index (κ1) is 19.1. The van der Waals surface area contributed by atoms with Gasteiger partial charge < -0.3 is 9.32 Å². The second-order valence-corrected chi connectivity index (χ2v) is 7.94. The van der Waals surface area contributed by atoms with Crippen LogP contribution in [0.2, 0.25) is 0 Å². The van der Waals surface area contributed by atoms with Gasteiger partial charge in [0.25, 0.3) is 0 Å². The largest absolute Gasteiger partial charge is 0.444 e. The van der Waals surface area contributed by atoms with E-state index in [0.717, 1.165) is 69.7 Å². The van der Waals surface area contributed by atoms with Crippen molar-refractivity contribution in [2.75, 3.05) is 26.2 Å². The molecular weight excluding hydrogens is 357 g/mol. The topological polar surface area (TPSA) is 49.6 Å². The summed E-state index contributed by atoms with van der Waals surface area (Å²) in [6, 6.07) is 6.16. The average molecular weight is 385 g/mol. The number of hydrogen-bond acceptors (Lipinski definition) is 4. The number of carbonyl (C=O) groups is 1. The van der Waals surface area contributed by atoms with Gasteiger partial charge in [-0.15, -0.1) is 0 Å². The van der Waals surface area contributed by atoms with Crippen LogP contribution in [0.3, 0.4) is 0 Å². The van der Waals surface area contributed by atoms with Crippen molar-refractivity contribution in [3.63, 3.8) is 0 Å². The molecule has 0 bridgehead atoms. The molecule has 2 aliphatic rings. The number of benzene rings is 1. The highest BCUT2D eigenvalue weighted by Gasteiger charge is 2.29. The number of piperidine rings is 1. The van der Waals surface area contributed by atoms with Gasteiger partial charge in [0.15, 0.2) is 0 Å². The number of likely N-dealkylation sites (tertiary alicyclic amines) is 2. The van der Waals surface area contributed by atoms with Gasteiger partial charge in [-0.3, -0.25) is 9.69 Å². The van der Waals surface area contributed by atoms with Crippen molar-refractivity contribution in [1.82, 2.24) is 14.8 Å². The lowest BCUT2D eigenvalue weighted by Gasteiger charge is -2.33. The van der Waals surface area contributed by atoms with Crippen LogP contribution in [0.1, 0.15) is 44.2 Å². The maximum absolute atomic E-state index is 13.1. The van der Waals surface area contributed by atoms with Gasteiger partial charge in [-0.25, -0.2) is 9.37 Å². The molecule has 0 spiro atoms. The van der Waals surface area contributed by atoms with Crippen molar-refractivity contribution in [3.8, 4) is 11.5 Å². The maximum Gasteiger partial charge on any atom is 0.226 e. The molecule has 1 aromatic heterocycles. The van der Waals surface area contributed by atoms with E-state index in [1.807, 2.05) is 0 Å². The minimum atomic E-state index is -0.270. The summed E-state index contributed by atoms with van der Waals surface area (Å²) in [6.07, 6.45) is 8.29. The molecule has 0 aliphatic carbocycles. The van der Waals surface area contributed by atoms with Crippen LogP contribution in [0.4, 0.5) is 4.39 Å². The Balaban J connectivity index is 1.28. The zero-order valence-electron chi connectivity index (χ0n) is 16.3. The lowest BCUT2D eigenvalue weighted by molar-refractivity contribution is -0.137. The quantitative estimate of drug-likeness (QED) is 0.795. The summed E-state index contributed by atoms with van der Waals surface area (Å²) in [4.78, 5) is 21.8. The highest BCUT2D eigenvalue weighted by Crippen LogP contribution is 2.24. The third kappa shape index (κ3) is 4.61. The molecule has 0 saturated carbocycles. The molecule has 4 rings (SSSR count). The number of rotatable bonds is 4. The second kappa shape index (κ2) is 8.86. The van der Waals surface area contributed by atoms with Crippen LogP contribution in [0, 0.1) is 11.7 Å². The van der Waals surface area contributed by atoms with Crippen molar-refractivity contribution in [1.29, 1.82) is 0 Å². The van der Waals surface area contributed by atoms with Crippen LogP contribution in [0.15, 0.2) is 34.9 Å². The molecule has 0 unspecified atom stereocenters. The van der Waals surface area contributed by atoms with E-state index in [2.05, 4.69) is 14.8 Å². The zero-order chi connectivity index (χ0) is 19.3. The number of carbonyl (C=O) groups excluding carboxylic acids is 1. The van der Waals surface area contributed by atoms with Gasteiger partial charge in [0.2, 0.25) is 11.8 Å². The number of halogens is 1. The fourth-order valence-corrected chi connectivity index (χ4v) is 4.22. The summed E-state index contributed by atoms with van der Waals surface area (Å²) in [5, 5.41) is 0. The molecule has 3 heterocycles. The van der Waals surface area contributed by atoms with Gasteiger partial charge in [0.05, 0.1) is 5.69 Å². The lowest BCUT2D eigenvalue weighted by Crippen LogP contribution is -2.42. The first-order valence-electron chi connectivity index (χ1n) is 10.4. The minimum absolute atomic E-state index is 0.168. The highest BCUT2D eigenvalue weighted by molar-refractivity contribution is 5.79. The van der Waals surface area contributed by atoms with E-state index in [0.29, 0.717) is 11.8 Å². The SMILES string of the molecule is O=C(C1CCN(Cc2coc(-c3ccc(F)cc3)n2)CC1)N1CCCCCC1. The Morgan fingerprint density at radius 1 is 1.04 bits per heavy atom. The Hall–Kier alpha value is -2.21. The number of amides is 1. The third-order valence-electron chi connectivity index (χ3n) is 5.88. The predicted molar refractivity (Wildman–Crippen MR) is 105 cm³/mol. The number of aromatic nitrogens is 1. The molecule has 0 N–H and O–H groups in total. The predicted octanol–water partition coefficient (Wildman–Crippen LogP) is 4.10. The Kier molecular flexibility index (Phi) is 6.05. The fraction of sp³-hybridized carbons (Fsp3) is 0.545. The molecule has 0 atom stereocenters. The second-order valence-electron chi connectivity index (χ2n) is 7.94. The molecule has 2 aliphatic heterocycles. The monoisotopic (exact) mass is 385 g/mol. The van der Waals surface area contributed by atoms with Gasteiger partial charge >= 0.3 is 0 Å². The van der Waals surface area contributed by atoms with Crippen LogP contribution in [-0.4, -0.2) is 46.9 Å². The van der Waals surface area contributed by atoms with Crippen LogP contribution < -0.4 is 0 Å². The zero-order valence-corrected chi connectivity index (χ0v) is 16.3. The molecule has 1 amide bonds. The maximum atomic E-state index is 13.1. The Bertz CT molecular complexity index is 773. The molecular formula is C22H28FN3O2. The number of oxazole rings is 1. The van der Waals surface area contributed by atoms with E-state index in [1.165, 1.54) is 25.0 Å². The van der Waals surface area contributed by atoms with E-state index in [9.17, 15) is 9.18 Å². The molecule has 150 valence electrons. The summed E-state index contributed by atoms with van der Waals surface area (Å²) >= 11 is 0. The first-order chi connectivity index (χ1) is 13.7. The van der Waals surface area contributed by atoms with Crippen molar-refractivity contribution in [2.24, 2.45) is 5.92 Å². The van der Waals surface area contributed by atoms with E-state index in [1.54, 1.807) is 18.4 Å². The fourth-order valence-electron chi connectivity index (χ4n) is 4.22. The molecule has 28 heavy (non-hydrogen) atoms. The van der Waals surface area contributed by atoms with Gasteiger partial charge in [0.1, 0.15) is 12.1 Å². The third-order valence-corrected chi connectivity index (χ3v) is 5.88. The van der Waals surface area contributed by atoms with Gasteiger partial charge in [-0.1, -0.05) is 12.8 Å². The van der Waals surface area contributed by atoms with Crippen molar-refractivity contribution >= 4 is 5.91 Å².